The molecule has 0 saturated heterocycles. The van der Waals surface area contributed by atoms with E-state index < -0.39 is 0 Å². The van der Waals surface area contributed by atoms with E-state index in [9.17, 15) is 0 Å². The van der Waals surface area contributed by atoms with Crippen LogP contribution < -0.4 is 11.1 Å². The molecule has 16 heavy (non-hydrogen) atoms. The van der Waals surface area contributed by atoms with E-state index in [1.165, 1.54) is 31.4 Å². The van der Waals surface area contributed by atoms with Crippen LogP contribution in [0.1, 0.15) is 25.7 Å². The van der Waals surface area contributed by atoms with Gasteiger partial charge < -0.3 is 11.1 Å². The van der Waals surface area contributed by atoms with Crippen molar-refractivity contribution in [2.24, 2.45) is 0 Å². The van der Waals surface area contributed by atoms with Gasteiger partial charge in [-0.3, -0.25) is 0 Å². The van der Waals surface area contributed by atoms with Gasteiger partial charge in [-0.25, -0.2) is 9.97 Å². The average molecular weight is 240 g/mol. The number of hydrogen-bond acceptors (Lipinski definition) is 5. The molecule has 0 saturated carbocycles. The van der Waals surface area contributed by atoms with Crippen LogP contribution in [0.2, 0.25) is 0 Å². The Labute approximate surface area is 101 Å². The first kappa shape index (κ1) is 13.1. The number of thioether (sulfide) groups is 1. The number of nitrogens with one attached hydrogen (secondary N) is 1. The molecule has 1 aromatic heterocycles. The third kappa shape index (κ3) is 5.80. The predicted molar refractivity (Wildman–Crippen MR) is 71.8 cm³/mol. The SMILES string of the molecule is CSCCCCCCNc1ncc(N)cn1. The van der Waals surface area contributed by atoms with Crippen LogP contribution in [-0.2, 0) is 0 Å². The van der Waals surface area contributed by atoms with E-state index in [0.29, 0.717) is 11.6 Å². The molecule has 0 aromatic carbocycles. The van der Waals surface area contributed by atoms with E-state index in [2.05, 4.69) is 21.5 Å². The Morgan fingerprint density at radius 2 is 1.88 bits per heavy atom. The molecule has 0 aliphatic heterocycles. The number of anilines is 2. The lowest BCUT2D eigenvalue weighted by Gasteiger charge is -2.04. The van der Waals surface area contributed by atoms with Gasteiger partial charge in [-0.2, -0.15) is 11.8 Å². The van der Waals surface area contributed by atoms with Crippen molar-refractivity contribution in [2.75, 3.05) is 29.6 Å². The number of nitrogens with zero attached hydrogens (tertiary/aromatic N) is 2. The maximum absolute atomic E-state index is 5.49. The molecular formula is C11H20N4S. The second kappa shape index (κ2) is 8.21. The highest BCUT2D eigenvalue weighted by Crippen LogP contribution is 2.05. The zero-order chi connectivity index (χ0) is 11.6. The Hall–Kier alpha value is -0.970. The lowest BCUT2D eigenvalue weighted by Crippen LogP contribution is -2.05. The van der Waals surface area contributed by atoms with Gasteiger partial charge in [0.15, 0.2) is 0 Å². The lowest BCUT2D eigenvalue weighted by atomic mass is 10.2. The molecular weight excluding hydrogens is 220 g/mol. The molecule has 0 fully saturated rings. The molecule has 5 heteroatoms. The fourth-order valence-electron chi connectivity index (χ4n) is 1.35. The van der Waals surface area contributed by atoms with Crippen molar-refractivity contribution in [3.63, 3.8) is 0 Å². The summed E-state index contributed by atoms with van der Waals surface area (Å²) in [5, 5.41) is 3.18. The van der Waals surface area contributed by atoms with Crippen LogP contribution in [0.15, 0.2) is 12.4 Å². The van der Waals surface area contributed by atoms with E-state index in [1.807, 2.05) is 11.8 Å². The first-order chi connectivity index (χ1) is 7.83. The molecule has 0 radical (unpaired) electrons. The summed E-state index contributed by atoms with van der Waals surface area (Å²) in [6.07, 6.45) is 10.5. The lowest BCUT2D eigenvalue weighted by molar-refractivity contribution is 0.687. The van der Waals surface area contributed by atoms with E-state index in [4.69, 9.17) is 5.73 Å². The van der Waals surface area contributed by atoms with E-state index in [0.717, 1.165) is 6.54 Å². The van der Waals surface area contributed by atoms with Crippen LogP contribution in [-0.4, -0.2) is 28.5 Å². The van der Waals surface area contributed by atoms with Crippen molar-refractivity contribution >= 4 is 23.4 Å². The highest BCUT2D eigenvalue weighted by Gasteiger charge is 1.94. The van der Waals surface area contributed by atoms with Gasteiger partial charge >= 0.3 is 0 Å². The van der Waals surface area contributed by atoms with Gasteiger partial charge in [-0.1, -0.05) is 12.8 Å². The van der Waals surface area contributed by atoms with Gasteiger partial charge in [-0.15, -0.1) is 0 Å². The molecule has 0 unspecified atom stereocenters. The maximum atomic E-state index is 5.49. The molecule has 4 nitrogen and oxygen atoms in total. The largest absolute Gasteiger partial charge is 0.396 e. The fourth-order valence-corrected chi connectivity index (χ4v) is 1.85. The molecule has 0 aliphatic rings. The van der Waals surface area contributed by atoms with Crippen LogP contribution in [0.25, 0.3) is 0 Å². The molecule has 0 amide bonds. The normalized spacial score (nSPS) is 10.3. The zero-order valence-corrected chi connectivity index (χ0v) is 10.6. The van der Waals surface area contributed by atoms with E-state index in [-0.39, 0.29) is 0 Å². The van der Waals surface area contributed by atoms with Crippen molar-refractivity contribution in [3.8, 4) is 0 Å². The second-order valence-corrected chi connectivity index (χ2v) is 4.66. The number of nitrogens with two attached hydrogens (primary N) is 1. The predicted octanol–water partition coefficient (Wildman–Crippen LogP) is 2.39. The molecule has 0 bridgehead atoms. The number of rotatable bonds is 8. The summed E-state index contributed by atoms with van der Waals surface area (Å²) in [5.41, 5.74) is 6.09. The average Bonchev–Trinajstić information content (AvgIpc) is 2.30. The summed E-state index contributed by atoms with van der Waals surface area (Å²) >= 11 is 1.92. The monoisotopic (exact) mass is 240 g/mol. The summed E-state index contributed by atoms with van der Waals surface area (Å²) in [6, 6.07) is 0. The first-order valence-corrected chi connectivity index (χ1v) is 7.02. The van der Waals surface area contributed by atoms with Crippen LogP contribution >= 0.6 is 11.8 Å². The molecule has 1 heterocycles. The van der Waals surface area contributed by atoms with Gasteiger partial charge in [0, 0.05) is 6.54 Å². The first-order valence-electron chi connectivity index (χ1n) is 5.63. The third-order valence-electron chi connectivity index (χ3n) is 2.23. The number of hydrogen-bond donors (Lipinski definition) is 2. The fraction of sp³-hybridized carbons (Fsp3) is 0.636. The van der Waals surface area contributed by atoms with Crippen molar-refractivity contribution < 1.29 is 0 Å². The minimum Gasteiger partial charge on any atom is -0.396 e. The van der Waals surface area contributed by atoms with Gasteiger partial charge in [0.1, 0.15) is 0 Å². The minimum absolute atomic E-state index is 0.600. The summed E-state index contributed by atoms with van der Waals surface area (Å²) in [7, 11) is 0. The van der Waals surface area contributed by atoms with Crippen LogP contribution in [0.3, 0.4) is 0 Å². The molecule has 0 spiro atoms. The Morgan fingerprint density at radius 1 is 1.19 bits per heavy atom. The van der Waals surface area contributed by atoms with Crippen LogP contribution in [0.5, 0.6) is 0 Å². The summed E-state index contributed by atoms with van der Waals surface area (Å²) in [6.45, 7) is 0.934. The molecule has 0 atom stereocenters. The van der Waals surface area contributed by atoms with Crippen molar-refractivity contribution in [1.29, 1.82) is 0 Å². The molecule has 1 aromatic rings. The Balaban J connectivity index is 2.01. The highest BCUT2D eigenvalue weighted by atomic mass is 32.2. The quantitative estimate of drug-likeness (QED) is 0.683. The smallest absolute Gasteiger partial charge is 0.222 e. The van der Waals surface area contributed by atoms with Crippen molar-refractivity contribution in [1.82, 2.24) is 9.97 Å². The van der Waals surface area contributed by atoms with Gasteiger partial charge in [-0.05, 0) is 24.9 Å². The van der Waals surface area contributed by atoms with E-state index >= 15 is 0 Å². The number of nitrogen functional groups attached to an aromatic ring is 1. The van der Waals surface area contributed by atoms with Crippen molar-refractivity contribution in [3.05, 3.63) is 12.4 Å². The summed E-state index contributed by atoms with van der Waals surface area (Å²) in [5.74, 6) is 1.94. The molecule has 90 valence electrons. The van der Waals surface area contributed by atoms with Crippen molar-refractivity contribution in [2.45, 2.75) is 25.7 Å². The molecule has 0 aliphatic carbocycles. The van der Waals surface area contributed by atoms with Crippen LogP contribution in [0.4, 0.5) is 11.6 Å². The second-order valence-electron chi connectivity index (χ2n) is 3.67. The van der Waals surface area contributed by atoms with Gasteiger partial charge in [0.2, 0.25) is 5.95 Å². The number of unbranched alkanes of at least 4 members (excludes halogenated alkanes) is 3. The Kier molecular flexibility index (Phi) is 6.72. The molecule has 3 N–H and O–H groups in total. The Bertz CT molecular complexity index is 276. The summed E-state index contributed by atoms with van der Waals surface area (Å²) in [4.78, 5) is 8.15. The Morgan fingerprint density at radius 3 is 2.56 bits per heavy atom. The standard InChI is InChI=1S/C11H20N4S/c1-16-7-5-3-2-4-6-13-11-14-8-10(12)9-15-11/h8-9H,2-7,12H2,1H3,(H,13,14,15). The van der Waals surface area contributed by atoms with Gasteiger partial charge in [0.05, 0.1) is 18.1 Å². The summed E-state index contributed by atoms with van der Waals surface area (Å²) < 4.78 is 0. The third-order valence-corrected chi connectivity index (χ3v) is 2.93. The van der Waals surface area contributed by atoms with Gasteiger partial charge in [0.25, 0.3) is 0 Å². The molecule has 1 rings (SSSR count). The zero-order valence-electron chi connectivity index (χ0n) is 9.78. The maximum Gasteiger partial charge on any atom is 0.222 e. The highest BCUT2D eigenvalue weighted by molar-refractivity contribution is 7.98. The number of aromatic nitrogens is 2. The van der Waals surface area contributed by atoms with E-state index in [1.54, 1.807) is 12.4 Å². The minimum atomic E-state index is 0.600. The van der Waals surface area contributed by atoms with Crippen LogP contribution in [0, 0.1) is 0 Å². The topological polar surface area (TPSA) is 63.8 Å².